The van der Waals surface area contributed by atoms with E-state index < -0.39 is 16.2 Å². The second-order valence-corrected chi connectivity index (χ2v) is 7.68. The van der Waals surface area contributed by atoms with Gasteiger partial charge in [0.05, 0.1) is 10.4 Å². The van der Waals surface area contributed by atoms with Crippen LogP contribution in [0.15, 0.2) is 59.6 Å². The van der Waals surface area contributed by atoms with Crippen LogP contribution in [0.4, 0.5) is 0 Å². The average molecular weight is 355 g/mol. The maximum absolute atomic E-state index is 12.5. The van der Waals surface area contributed by atoms with Crippen LogP contribution in [0.5, 0.6) is 5.75 Å². The highest BCUT2D eigenvalue weighted by Gasteiger charge is 2.28. The Hall–Kier alpha value is -2.44. The van der Waals surface area contributed by atoms with Gasteiger partial charge in [-0.2, -0.15) is 8.42 Å². The van der Waals surface area contributed by atoms with Gasteiger partial charge in [0, 0.05) is 23.6 Å². The van der Waals surface area contributed by atoms with E-state index in [2.05, 4.69) is 4.98 Å². The topological polar surface area (TPSA) is 65.5 Å². The summed E-state index contributed by atoms with van der Waals surface area (Å²) in [5, 5.41) is 0.959. The number of benzene rings is 2. The summed E-state index contributed by atoms with van der Waals surface area (Å²) >= 11 is 0. The molecule has 5 nitrogen and oxygen atoms in total. The molecule has 1 unspecified atom stereocenters. The van der Waals surface area contributed by atoms with Crippen molar-refractivity contribution >= 4 is 21.0 Å². The fraction of sp³-hybridized carbons (Fsp3) is 0.211. The predicted octanol–water partition coefficient (Wildman–Crippen LogP) is 3.25. The van der Waals surface area contributed by atoms with Crippen molar-refractivity contribution in [1.29, 1.82) is 0 Å². The van der Waals surface area contributed by atoms with Crippen molar-refractivity contribution in [3.8, 4) is 5.75 Å². The first-order valence-electron chi connectivity index (χ1n) is 8.02. The lowest BCUT2D eigenvalue weighted by atomic mass is 9.99. The molecule has 6 heteroatoms. The molecule has 0 radical (unpaired) electrons. The number of aryl methyl sites for hydroxylation is 1. The van der Waals surface area contributed by atoms with Crippen molar-refractivity contribution in [3.63, 3.8) is 0 Å². The van der Waals surface area contributed by atoms with Crippen LogP contribution in [0.2, 0.25) is 0 Å². The van der Waals surface area contributed by atoms with Crippen LogP contribution in [0.25, 0.3) is 10.9 Å². The monoisotopic (exact) mass is 355 g/mol. The van der Waals surface area contributed by atoms with Gasteiger partial charge in [0.15, 0.2) is 0 Å². The summed E-state index contributed by atoms with van der Waals surface area (Å²) in [6, 6.07) is 14.2. The highest BCUT2D eigenvalue weighted by Crippen LogP contribution is 2.32. The first-order chi connectivity index (χ1) is 12.0. The second-order valence-electron chi connectivity index (χ2n) is 6.11. The van der Waals surface area contributed by atoms with Gasteiger partial charge in [-0.15, -0.1) is 0 Å². The third-order valence-electron chi connectivity index (χ3n) is 4.28. The molecule has 0 saturated heterocycles. The zero-order valence-corrected chi connectivity index (χ0v) is 14.5. The van der Waals surface area contributed by atoms with Crippen LogP contribution in [0.1, 0.15) is 11.1 Å². The van der Waals surface area contributed by atoms with Crippen LogP contribution in [-0.4, -0.2) is 26.1 Å². The Bertz CT molecular complexity index is 1030. The normalized spacial score (nSPS) is 17.1. The maximum atomic E-state index is 12.5. The minimum Gasteiger partial charge on any atom is -0.491 e. The number of hydrogen-bond donors (Lipinski definition) is 0. The van der Waals surface area contributed by atoms with E-state index in [4.69, 9.17) is 8.92 Å². The molecule has 2 heterocycles. The van der Waals surface area contributed by atoms with E-state index in [9.17, 15) is 8.42 Å². The molecule has 0 N–H and O–H groups in total. The van der Waals surface area contributed by atoms with Gasteiger partial charge in [0.2, 0.25) is 0 Å². The van der Waals surface area contributed by atoms with Gasteiger partial charge < -0.3 is 4.74 Å². The molecule has 0 bridgehead atoms. The van der Waals surface area contributed by atoms with Crippen molar-refractivity contribution in [2.45, 2.75) is 24.3 Å². The summed E-state index contributed by atoms with van der Waals surface area (Å²) in [5.74, 6) is 0.757. The number of nitrogens with zero attached hydrogens (tertiary/aromatic N) is 1. The fourth-order valence-electron chi connectivity index (χ4n) is 3.01. The largest absolute Gasteiger partial charge is 0.491 e. The molecule has 25 heavy (non-hydrogen) atoms. The summed E-state index contributed by atoms with van der Waals surface area (Å²) < 4.78 is 36.2. The number of pyridine rings is 1. The molecular formula is C19H17NO4S. The van der Waals surface area contributed by atoms with Crippen LogP contribution in [-0.2, 0) is 20.7 Å². The van der Waals surface area contributed by atoms with Crippen molar-refractivity contribution < 1.29 is 17.3 Å². The quantitative estimate of drug-likeness (QED) is 0.675. The summed E-state index contributed by atoms with van der Waals surface area (Å²) in [6.45, 7) is 2.10. The summed E-state index contributed by atoms with van der Waals surface area (Å²) in [4.78, 5) is 4.49. The maximum Gasteiger partial charge on any atom is 0.297 e. The highest BCUT2D eigenvalue weighted by atomic mass is 32.2. The fourth-order valence-corrected chi connectivity index (χ4v) is 4.07. The SMILES string of the molecule is Cc1ccc(S(=O)(=O)OC2COc3ccc4ncccc4c3C2)cc1. The smallest absolute Gasteiger partial charge is 0.297 e. The van der Waals surface area contributed by atoms with E-state index >= 15 is 0 Å². The minimum absolute atomic E-state index is 0.156. The molecule has 0 fully saturated rings. The van der Waals surface area contributed by atoms with E-state index in [0.717, 1.165) is 27.8 Å². The van der Waals surface area contributed by atoms with Crippen LogP contribution < -0.4 is 4.74 Å². The Balaban J connectivity index is 1.62. The minimum atomic E-state index is -3.83. The van der Waals surface area contributed by atoms with Gasteiger partial charge in [0.1, 0.15) is 18.5 Å². The Morgan fingerprint density at radius 1 is 1.12 bits per heavy atom. The highest BCUT2D eigenvalue weighted by molar-refractivity contribution is 7.86. The second kappa shape index (κ2) is 6.13. The van der Waals surface area contributed by atoms with E-state index in [1.807, 2.05) is 31.2 Å². The molecule has 1 aromatic heterocycles. The molecule has 0 aliphatic carbocycles. The van der Waals surface area contributed by atoms with Gasteiger partial charge in [-0.05, 0) is 37.3 Å². The number of rotatable bonds is 3. The van der Waals surface area contributed by atoms with Crippen molar-refractivity contribution in [1.82, 2.24) is 4.98 Å². The molecule has 3 aromatic rings. The van der Waals surface area contributed by atoms with Gasteiger partial charge in [-0.25, -0.2) is 0 Å². The lowest BCUT2D eigenvalue weighted by molar-refractivity contribution is 0.118. The Kier molecular flexibility index (Phi) is 3.94. The first kappa shape index (κ1) is 16.1. The lowest BCUT2D eigenvalue weighted by Crippen LogP contribution is -2.31. The van der Waals surface area contributed by atoms with Gasteiger partial charge in [-0.3, -0.25) is 9.17 Å². The Morgan fingerprint density at radius 2 is 1.92 bits per heavy atom. The number of aromatic nitrogens is 1. The summed E-state index contributed by atoms with van der Waals surface area (Å²) in [5.41, 5.74) is 2.78. The third kappa shape index (κ3) is 3.10. The van der Waals surface area contributed by atoms with Crippen molar-refractivity contribution in [3.05, 3.63) is 65.9 Å². The zero-order chi connectivity index (χ0) is 17.4. The van der Waals surface area contributed by atoms with Crippen LogP contribution in [0, 0.1) is 6.92 Å². The van der Waals surface area contributed by atoms with E-state index in [0.29, 0.717) is 6.42 Å². The van der Waals surface area contributed by atoms with Crippen LogP contribution in [0.3, 0.4) is 0 Å². The lowest BCUT2D eigenvalue weighted by Gasteiger charge is -2.26. The Labute approximate surface area is 146 Å². The van der Waals surface area contributed by atoms with Gasteiger partial charge in [0.25, 0.3) is 10.1 Å². The Morgan fingerprint density at radius 3 is 2.72 bits per heavy atom. The number of hydrogen-bond acceptors (Lipinski definition) is 5. The van der Waals surface area contributed by atoms with Crippen molar-refractivity contribution in [2.75, 3.05) is 6.61 Å². The molecule has 1 aliphatic heterocycles. The number of ether oxygens (including phenoxy) is 1. The molecule has 2 aromatic carbocycles. The molecule has 0 spiro atoms. The summed E-state index contributed by atoms with van der Waals surface area (Å²) in [6.07, 6.45) is 1.63. The van der Waals surface area contributed by atoms with Crippen LogP contribution >= 0.6 is 0 Å². The number of fused-ring (bicyclic) bond motifs is 3. The molecular weight excluding hydrogens is 338 g/mol. The standard InChI is InChI=1S/C19H17NO4S/c1-13-4-6-15(7-5-13)25(21,22)24-14-11-17-16-3-2-10-20-18(16)8-9-19(17)23-12-14/h2-10,14H,11-12H2,1H3. The molecule has 0 saturated carbocycles. The molecule has 128 valence electrons. The van der Waals surface area contributed by atoms with Crippen molar-refractivity contribution in [2.24, 2.45) is 0 Å². The molecule has 1 aliphatic rings. The predicted molar refractivity (Wildman–Crippen MR) is 94.2 cm³/mol. The zero-order valence-electron chi connectivity index (χ0n) is 13.7. The molecule has 4 rings (SSSR count). The van der Waals surface area contributed by atoms with E-state index in [-0.39, 0.29) is 11.5 Å². The molecule has 0 amide bonds. The third-order valence-corrected chi connectivity index (χ3v) is 5.66. The average Bonchev–Trinajstić information content (AvgIpc) is 2.61. The van der Waals surface area contributed by atoms with Gasteiger partial charge >= 0.3 is 0 Å². The molecule has 1 atom stereocenters. The van der Waals surface area contributed by atoms with E-state index in [1.165, 1.54) is 0 Å². The summed E-state index contributed by atoms with van der Waals surface area (Å²) in [7, 11) is -3.83. The van der Waals surface area contributed by atoms with Gasteiger partial charge in [-0.1, -0.05) is 23.8 Å². The first-order valence-corrected chi connectivity index (χ1v) is 9.43. The van der Waals surface area contributed by atoms with E-state index in [1.54, 1.807) is 30.5 Å².